The minimum Gasteiger partial charge on any atom is -0.491 e. The second kappa shape index (κ2) is 8.60. The summed E-state index contributed by atoms with van der Waals surface area (Å²) in [6.45, 7) is 5.41. The largest absolute Gasteiger partial charge is 0.491 e. The van der Waals surface area contributed by atoms with Crippen LogP contribution in [0.15, 0.2) is 54.7 Å². The van der Waals surface area contributed by atoms with E-state index in [4.69, 9.17) is 4.74 Å². The lowest BCUT2D eigenvalue weighted by Gasteiger charge is -2.27. The van der Waals surface area contributed by atoms with Crippen molar-refractivity contribution in [3.63, 3.8) is 0 Å². The number of fused-ring (bicyclic) bond motifs is 1. The summed E-state index contributed by atoms with van der Waals surface area (Å²) in [4.78, 5) is 2.48. The van der Waals surface area contributed by atoms with Gasteiger partial charge in [-0.05, 0) is 55.5 Å². The van der Waals surface area contributed by atoms with Gasteiger partial charge in [0.05, 0.1) is 11.1 Å². The summed E-state index contributed by atoms with van der Waals surface area (Å²) < 4.78 is 8.14. The standard InChI is InChI=1S/C25H32N2O2/c1-3-20-9-7-12-23-21(17-26(2)24(20)23)18-27-15-8-13-25(28,14-16-27)19-29-22-10-5-4-6-11-22/h4-7,9-12,17,28H,3,8,13-16,18-19H2,1-2H3. The molecule has 2 heterocycles. The van der Waals surface area contributed by atoms with Gasteiger partial charge in [-0.1, -0.05) is 43.3 Å². The van der Waals surface area contributed by atoms with Gasteiger partial charge in [-0.25, -0.2) is 0 Å². The molecule has 0 amide bonds. The van der Waals surface area contributed by atoms with E-state index in [0.717, 1.165) is 51.1 Å². The van der Waals surface area contributed by atoms with Crippen molar-refractivity contribution in [3.8, 4) is 5.75 Å². The number of hydrogen-bond donors (Lipinski definition) is 1. The SMILES string of the molecule is CCc1cccc2c(CN3CCCC(O)(COc4ccccc4)CC3)cn(C)c12. The maximum atomic E-state index is 11.1. The van der Waals surface area contributed by atoms with Gasteiger partial charge in [-0.15, -0.1) is 0 Å². The summed E-state index contributed by atoms with van der Waals surface area (Å²) in [5.74, 6) is 0.824. The Hall–Kier alpha value is -2.30. The van der Waals surface area contributed by atoms with E-state index in [9.17, 15) is 5.11 Å². The molecule has 0 bridgehead atoms. The van der Waals surface area contributed by atoms with Crippen molar-refractivity contribution in [2.75, 3.05) is 19.7 Å². The molecule has 1 aliphatic rings. The third-order valence-corrected chi connectivity index (χ3v) is 6.20. The maximum absolute atomic E-state index is 11.1. The van der Waals surface area contributed by atoms with Gasteiger partial charge in [0.2, 0.25) is 0 Å². The van der Waals surface area contributed by atoms with Crippen LogP contribution in [0.2, 0.25) is 0 Å². The molecule has 1 saturated heterocycles. The van der Waals surface area contributed by atoms with Crippen molar-refractivity contribution >= 4 is 10.9 Å². The smallest absolute Gasteiger partial charge is 0.119 e. The van der Waals surface area contributed by atoms with Crippen LogP contribution in [0.3, 0.4) is 0 Å². The molecule has 1 N–H and O–H groups in total. The van der Waals surface area contributed by atoms with E-state index < -0.39 is 5.60 Å². The highest BCUT2D eigenvalue weighted by Crippen LogP contribution is 2.28. The lowest BCUT2D eigenvalue weighted by Crippen LogP contribution is -2.37. The van der Waals surface area contributed by atoms with E-state index in [1.165, 1.54) is 22.0 Å². The number of likely N-dealkylation sites (tertiary alicyclic amines) is 1. The Morgan fingerprint density at radius 1 is 1.00 bits per heavy atom. The number of aliphatic hydroxyl groups is 1. The summed E-state index contributed by atoms with van der Waals surface area (Å²) in [6.07, 6.45) is 5.84. The number of rotatable bonds is 6. The molecule has 0 radical (unpaired) electrons. The van der Waals surface area contributed by atoms with Gasteiger partial charge in [0, 0.05) is 31.7 Å². The molecule has 4 rings (SSSR count). The highest BCUT2D eigenvalue weighted by molar-refractivity contribution is 5.86. The highest BCUT2D eigenvalue weighted by Gasteiger charge is 2.31. The normalized spacial score (nSPS) is 20.7. The molecule has 154 valence electrons. The van der Waals surface area contributed by atoms with E-state index >= 15 is 0 Å². The first kappa shape index (κ1) is 20.0. The minimum atomic E-state index is -0.751. The molecule has 3 aromatic rings. The first-order valence-electron chi connectivity index (χ1n) is 10.8. The summed E-state index contributed by atoms with van der Waals surface area (Å²) in [6, 6.07) is 16.4. The zero-order valence-electron chi connectivity index (χ0n) is 17.6. The van der Waals surface area contributed by atoms with Crippen LogP contribution in [0.25, 0.3) is 10.9 Å². The summed E-state index contributed by atoms with van der Waals surface area (Å²) in [7, 11) is 2.15. The first-order chi connectivity index (χ1) is 14.1. The van der Waals surface area contributed by atoms with Crippen molar-refractivity contribution < 1.29 is 9.84 Å². The molecule has 2 aromatic carbocycles. The average Bonchev–Trinajstić information content (AvgIpc) is 2.94. The monoisotopic (exact) mass is 392 g/mol. The van der Waals surface area contributed by atoms with Crippen LogP contribution in [-0.2, 0) is 20.0 Å². The number of benzene rings is 2. The predicted octanol–water partition coefficient (Wildman–Crippen LogP) is 4.54. The Labute approximate surface area is 173 Å². The molecule has 29 heavy (non-hydrogen) atoms. The van der Waals surface area contributed by atoms with Gasteiger partial charge in [-0.2, -0.15) is 0 Å². The summed E-state index contributed by atoms with van der Waals surface area (Å²) in [5.41, 5.74) is 3.38. The van der Waals surface area contributed by atoms with Crippen molar-refractivity contribution in [1.82, 2.24) is 9.47 Å². The second-order valence-corrected chi connectivity index (χ2v) is 8.39. The van der Waals surface area contributed by atoms with Gasteiger partial charge < -0.3 is 14.4 Å². The third-order valence-electron chi connectivity index (χ3n) is 6.20. The van der Waals surface area contributed by atoms with Crippen molar-refractivity contribution in [2.45, 2.75) is 44.8 Å². The Morgan fingerprint density at radius 2 is 1.83 bits per heavy atom. The van der Waals surface area contributed by atoms with E-state index in [2.05, 4.69) is 47.8 Å². The zero-order valence-corrected chi connectivity index (χ0v) is 17.6. The topological polar surface area (TPSA) is 37.6 Å². The molecule has 1 atom stereocenters. The molecule has 0 spiro atoms. The van der Waals surface area contributed by atoms with Crippen LogP contribution >= 0.6 is 0 Å². The van der Waals surface area contributed by atoms with Gasteiger partial charge in [0.25, 0.3) is 0 Å². The van der Waals surface area contributed by atoms with Crippen LogP contribution in [0.5, 0.6) is 5.75 Å². The van der Waals surface area contributed by atoms with E-state index in [0.29, 0.717) is 6.61 Å². The van der Waals surface area contributed by atoms with Crippen LogP contribution in [0.1, 0.15) is 37.3 Å². The molecule has 0 aliphatic carbocycles. The lowest BCUT2D eigenvalue weighted by atomic mass is 9.96. The molecular formula is C25H32N2O2. The molecule has 1 aromatic heterocycles. The Bertz CT molecular complexity index is 950. The zero-order chi connectivity index (χ0) is 20.3. The van der Waals surface area contributed by atoms with Crippen LogP contribution in [-0.4, -0.2) is 39.9 Å². The molecular weight excluding hydrogens is 360 g/mol. The van der Waals surface area contributed by atoms with Crippen LogP contribution in [0, 0.1) is 0 Å². The maximum Gasteiger partial charge on any atom is 0.119 e. The van der Waals surface area contributed by atoms with Crippen molar-refractivity contribution in [3.05, 3.63) is 65.9 Å². The van der Waals surface area contributed by atoms with Gasteiger partial charge >= 0.3 is 0 Å². The third kappa shape index (κ3) is 4.49. The fourth-order valence-corrected chi connectivity index (χ4v) is 4.56. The molecule has 4 heteroatoms. The number of hydrogen-bond acceptors (Lipinski definition) is 3. The van der Waals surface area contributed by atoms with Gasteiger partial charge in [0.15, 0.2) is 0 Å². The van der Waals surface area contributed by atoms with Gasteiger partial charge in [0.1, 0.15) is 12.4 Å². The molecule has 1 fully saturated rings. The summed E-state index contributed by atoms with van der Waals surface area (Å²) in [5, 5.41) is 12.4. The number of nitrogens with zero attached hydrogens (tertiary/aromatic N) is 2. The molecule has 4 nitrogen and oxygen atoms in total. The molecule has 0 saturated carbocycles. The fraction of sp³-hybridized carbons (Fsp3) is 0.440. The second-order valence-electron chi connectivity index (χ2n) is 8.39. The van der Waals surface area contributed by atoms with Crippen LogP contribution < -0.4 is 4.74 Å². The number of aromatic nitrogens is 1. The molecule has 1 aliphatic heterocycles. The van der Waals surface area contributed by atoms with E-state index in [1.807, 2.05) is 30.3 Å². The fourth-order valence-electron chi connectivity index (χ4n) is 4.56. The van der Waals surface area contributed by atoms with Crippen molar-refractivity contribution in [2.24, 2.45) is 7.05 Å². The van der Waals surface area contributed by atoms with E-state index in [1.54, 1.807) is 0 Å². The highest BCUT2D eigenvalue weighted by atomic mass is 16.5. The minimum absolute atomic E-state index is 0.360. The summed E-state index contributed by atoms with van der Waals surface area (Å²) >= 11 is 0. The van der Waals surface area contributed by atoms with Gasteiger partial charge in [-0.3, -0.25) is 4.90 Å². The lowest BCUT2D eigenvalue weighted by molar-refractivity contribution is -0.0168. The quantitative estimate of drug-likeness (QED) is 0.669. The molecule has 1 unspecified atom stereocenters. The Kier molecular flexibility index (Phi) is 5.93. The first-order valence-corrected chi connectivity index (χ1v) is 10.8. The number of ether oxygens (including phenoxy) is 1. The number of para-hydroxylation sites is 2. The average molecular weight is 393 g/mol. The Morgan fingerprint density at radius 3 is 2.62 bits per heavy atom. The Balaban J connectivity index is 1.42. The predicted molar refractivity (Wildman–Crippen MR) is 118 cm³/mol. The van der Waals surface area contributed by atoms with Crippen LogP contribution in [0.4, 0.5) is 0 Å². The van der Waals surface area contributed by atoms with E-state index in [-0.39, 0.29) is 0 Å². The number of aryl methyl sites for hydroxylation is 2. The van der Waals surface area contributed by atoms with Crippen molar-refractivity contribution in [1.29, 1.82) is 0 Å².